The molecule has 0 N–H and O–H groups in total. The van der Waals surface area contributed by atoms with Crippen LogP contribution in [0.1, 0.15) is 15.9 Å². The van der Waals surface area contributed by atoms with Crippen LogP contribution < -0.4 is 0 Å². The van der Waals surface area contributed by atoms with Gasteiger partial charge in [-0.2, -0.15) is 0 Å². The number of non-ortho nitro benzene ring substituents is 1. The van der Waals surface area contributed by atoms with E-state index in [1.165, 1.54) is 18.3 Å². The molecule has 120 valence electrons. The number of nitro benzene ring substituents is 1. The van der Waals surface area contributed by atoms with Gasteiger partial charge in [0.2, 0.25) is 0 Å². The van der Waals surface area contributed by atoms with Gasteiger partial charge in [-0.25, -0.2) is 14.8 Å². The minimum atomic E-state index is -0.550. The second-order valence-corrected chi connectivity index (χ2v) is 4.88. The highest BCUT2D eigenvalue weighted by Gasteiger charge is 2.10. The predicted molar refractivity (Wildman–Crippen MR) is 83.6 cm³/mol. The zero-order valence-electron chi connectivity index (χ0n) is 12.4. The Kier molecular flexibility index (Phi) is 4.28. The second kappa shape index (κ2) is 6.69. The monoisotopic (exact) mass is 324 g/mol. The Hall–Kier alpha value is -3.55. The molecule has 1 aromatic carbocycles. The molecule has 0 aliphatic heterocycles. The molecule has 8 nitrogen and oxygen atoms in total. The molecule has 3 rings (SSSR count). The molecule has 0 radical (unpaired) electrons. The number of carbonyl (C=O) groups excluding carboxylic acids is 1. The molecule has 24 heavy (non-hydrogen) atoms. The number of benzene rings is 1. The van der Waals surface area contributed by atoms with Crippen molar-refractivity contribution < 1.29 is 14.5 Å². The second-order valence-electron chi connectivity index (χ2n) is 4.88. The maximum atomic E-state index is 12.0. The maximum absolute atomic E-state index is 12.0. The van der Waals surface area contributed by atoms with Gasteiger partial charge in [-0.15, -0.1) is 0 Å². The van der Waals surface area contributed by atoms with Crippen molar-refractivity contribution in [1.82, 2.24) is 14.5 Å². The van der Waals surface area contributed by atoms with Gasteiger partial charge in [0, 0.05) is 30.7 Å². The first-order valence-electron chi connectivity index (χ1n) is 6.98. The van der Waals surface area contributed by atoms with E-state index in [0.717, 1.165) is 0 Å². The lowest BCUT2D eigenvalue weighted by Gasteiger charge is -2.06. The molecule has 0 amide bonds. The third kappa shape index (κ3) is 3.43. The number of nitrogens with zero attached hydrogens (tertiary/aromatic N) is 4. The maximum Gasteiger partial charge on any atom is 0.340 e. The Labute approximate surface area is 136 Å². The van der Waals surface area contributed by atoms with Crippen LogP contribution in [0.5, 0.6) is 0 Å². The molecule has 3 aromatic rings. The largest absolute Gasteiger partial charge is 0.457 e. The van der Waals surface area contributed by atoms with Crippen molar-refractivity contribution in [1.29, 1.82) is 0 Å². The summed E-state index contributed by atoms with van der Waals surface area (Å²) in [5.41, 5.74) is 0.791. The van der Waals surface area contributed by atoms with Gasteiger partial charge in [-0.3, -0.25) is 14.7 Å². The molecular weight excluding hydrogens is 312 g/mol. The van der Waals surface area contributed by atoms with Crippen LogP contribution in [0.3, 0.4) is 0 Å². The zero-order valence-corrected chi connectivity index (χ0v) is 12.4. The third-order valence-corrected chi connectivity index (χ3v) is 3.24. The van der Waals surface area contributed by atoms with E-state index in [0.29, 0.717) is 16.9 Å². The number of esters is 1. The zero-order chi connectivity index (χ0) is 16.9. The van der Waals surface area contributed by atoms with Gasteiger partial charge >= 0.3 is 5.97 Å². The van der Waals surface area contributed by atoms with E-state index in [1.807, 2.05) is 0 Å². The van der Waals surface area contributed by atoms with E-state index < -0.39 is 10.9 Å². The number of hydrogen-bond acceptors (Lipinski definition) is 6. The van der Waals surface area contributed by atoms with Crippen molar-refractivity contribution in [2.75, 3.05) is 0 Å². The number of rotatable bonds is 5. The molecular formula is C16H12N4O4. The number of hydrogen-bond donors (Lipinski definition) is 0. The van der Waals surface area contributed by atoms with E-state index in [1.54, 1.807) is 47.6 Å². The minimum Gasteiger partial charge on any atom is -0.457 e. The van der Waals surface area contributed by atoms with Gasteiger partial charge in [0.15, 0.2) is 0 Å². The van der Waals surface area contributed by atoms with E-state index in [9.17, 15) is 14.9 Å². The topological polar surface area (TPSA) is 100 Å². The summed E-state index contributed by atoms with van der Waals surface area (Å²) in [6.45, 7) is -0.0518. The summed E-state index contributed by atoms with van der Waals surface area (Å²) < 4.78 is 6.87. The van der Waals surface area contributed by atoms with Crippen molar-refractivity contribution >= 4 is 11.7 Å². The lowest BCUT2D eigenvalue weighted by Crippen LogP contribution is -2.06. The number of imidazole rings is 1. The number of aromatic nitrogens is 3. The quantitative estimate of drug-likeness (QED) is 0.406. The molecule has 0 spiro atoms. The highest BCUT2D eigenvalue weighted by Crippen LogP contribution is 2.14. The first kappa shape index (κ1) is 15.3. The van der Waals surface area contributed by atoms with Gasteiger partial charge in [0.25, 0.3) is 5.69 Å². The Morgan fingerprint density at radius 2 is 2.17 bits per heavy atom. The first-order valence-corrected chi connectivity index (χ1v) is 6.98. The van der Waals surface area contributed by atoms with Crippen LogP contribution in [0.15, 0.2) is 61.3 Å². The summed E-state index contributed by atoms with van der Waals surface area (Å²) in [7, 11) is 0. The molecule has 0 saturated heterocycles. The molecule has 0 unspecified atom stereocenters. The van der Waals surface area contributed by atoms with Crippen molar-refractivity contribution in [3.05, 3.63) is 82.6 Å². The van der Waals surface area contributed by atoms with E-state index in [4.69, 9.17) is 4.74 Å². The molecule has 0 aliphatic rings. The van der Waals surface area contributed by atoms with E-state index in [-0.39, 0.29) is 12.3 Å². The van der Waals surface area contributed by atoms with Crippen molar-refractivity contribution in [2.45, 2.75) is 6.61 Å². The fourth-order valence-corrected chi connectivity index (χ4v) is 2.05. The Bertz CT molecular complexity index is 860. The normalized spacial score (nSPS) is 10.3. The van der Waals surface area contributed by atoms with Crippen LogP contribution in [-0.4, -0.2) is 25.4 Å². The van der Waals surface area contributed by atoms with Crippen LogP contribution in [0.4, 0.5) is 5.69 Å². The highest BCUT2D eigenvalue weighted by atomic mass is 16.6. The lowest BCUT2D eigenvalue weighted by atomic mass is 10.2. The van der Waals surface area contributed by atoms with Crippen molar-refractivity contribution in [3.63, 3.8) is 0 Å². The third-order valence-electron chi connectivity index (χ3n) is 3.24. The summed E-state index contributed by atoms with van der Waals surface area (Å²) in [6.07, 6.45) is 6.37. The van der Waals surface area contributed by atoms with Gasteiger partial charge in [0.05, 0.1) is 10.5 Å². The summed E-state index contributed by atoms with van der Waals surface area (Å²) >= 11 is 0. The molecule has 8 heteroatoms. The van der Waals surface area contributed by atoms with Crippen molar-refractivity contribution in [2.24, 2.45) is 0 Å². The predicted octanol–water partition coefficient (Wildman–Crippen LogP) is 2.53. The van der Waals surface area contributed by atoms with Crippen LogP contribution in [0.2, 0.25) is 0 Å². The van der Waals surface area contributed by atoms with Crippen LogP contribution in [-0.2, 0) is 11.3 Å². The number of pyridine rings is 1. The molecule has 2 heterocycles. The van der Waals surface area contributed by atoms with Crippen LogP contribution in [0.25, 0.3) is 5.82 Å². The van der Waals surface area contributed by atoms with Gasteiger partial charge in [-0.1, -0.05) is 12.1 Å². The minimum absolute atomic E-state index is 0.0464. The molecule has 0 bridgehead atoms. The number of ether oxygens (including phenoxy) is 1. The standard InChI is InChI=1S/C16H12N4O4/c21-16(24-10-12-2-1-3-14(8-12)20(22)23)13-4-5-15(18-9-13)19-7-6-17-11-19/h1-9,11H,10H2. The van der Waals surface area contributed by atoms with E-state index >= 15 is 0 Å². The fourth-order valence-electron chi connectivity index (χ4n) is 2.05. The number of nitro groups is 1. The van der Waals surface area contributed by atoms with Crippen LogP contribution >= 0.6 is 0 Å². The lowest BCUT2D eigenvalue weighted by molar-refractivity contribution is -0.384. The van der Waals surface area contributed by atoms with Crippen LogP contribution in [0, 0.1) is 10.1 Å². The fraction of sp³-hybridized carbons (Fsp3) is 0.0625. The summed E-state index contributed by atoms with van der Waals surface area (Å²) in [5, 5.41) is 10.7. The number of carbonyl (C=O) groups is 1. The Balaban J connectivity index is 1.65. The van der Waals surface area contributed by atoms with E-state index in [2.05, 4.69) is 9.97 Å². The van der Waals surface area contributed by atoms with Crippen molar-refractivity contribution in [3.8, 4) is 5.82 Å². The average Bonchev–Trinajstić information content (AvgIpc) is 3.14. The SMILES string of the molecule is O=C(OCc1cccc([N+](=O)[O-])c1)c1ccc(-n2ccnc2)nc1. The molecule has 0 aliphatic carbocycles. The van der Waals surface area contributed by atoms with Gasteiger partial charge < -0.3 is 4.74 Å². The molecule has 2 aromatic heterocycles. The van der Waals surface area contributed by atoms with Gasteiger partial charge in [0.1, 0.15) is 18.8 Å². The summed E-state index contributed by atoms with van der Waals surface area (Å²) in [4.78, 5) is 30.3. The molecule has 0 atom stereocenters. The Morgan fingerprint density at radius 1 is 1.29 bits per heavy atom. The highest BCUT2D eigenvalue weighted by molar-refractivity contribution is 5.89. The smallest absolute Gasteiger partial charge is 0.340 e. The van der Waals surface area contributed by atoms with Gasteiger partial charge in [-0.05, 0) is 17.7 Å². The Morgan fingerprint density at radius 3 is 2.83 bits per heavy atom. The first-order chi connectivity index (χ1) is 11.6. The summed E-state index contributed by atoms with van der Waals surface area (Å²) in [6, 6.07) is 9.21. The average molecular weight is 324 g/mol. The molecule has 0 fully saturated rings. The summed E-state index contributed by atoms with van der Waals surface area (Å²) in [5.74, 6) is 0.0777. The molecule has 0 saturated carbocycles.